The van der Waals surface area contributed by atoms with Gasteiger partial charge in [0.25, 0.3) is 0 Å². The molecule has 0 amide bonds. The molecule has 0 spiro atoms. The minimum Gasteiger partial charge on any atom is -0.441 e. The molecular weight excluding hydrogens is 264 g/mol. The highest BCUT2D eigenvalue weighted by Crippen LogP contribution is 2.39. The van der Waals surface area contributed by atoms with Crippen molar-refractivity contribution in [3.05, 3.63) is 47.2 Å². The molecule has 0 aliphatic heterocycles. The molecule has 0 unspecified atom stereocenters. The number of rotatable bonds is 2. The van der Waals surface area contributed by atoms with Crippen LogP contribution in [0.4, 0.5) is 5.82 Å². The maximum Gasteiger partial charge on any atom is 0.212 e. The van der Waals surface area contributed by atoms with Crippen LogP contribution in [0.5, 0.6) is 0 Å². The van der Waals surface area contributed by atoms with Gasteiger partial charge in [-0.05, 0) is 41.8 Å². The van der Waals surface area contributed by atoms with Crippen molar-refractivity contribution in [3.8, 4) is 22.6 Å². The van der Waals surface area contributed by atoms with Crippen LogP contribution in [0.2, 0.25) is 5.22 Å². The van der Waals surface area contributed by atoms with E-state index in [4.69, 9.17) is 26.3 Å². The van der Waals surface area contributed by atoms with Crippen molar-refractivity contribution in [1.82, 2.24) is 5.16 Å². The summed E-state index contributed by atoms with van der Waals surface area (Å²) < 4.78 is 10.6. The summed E-state index contributed by atoms with van der Waals surface area (Å²) in [5.74, 6) is 1.32. The van der Waals surface area contributed by atoms with E-state index >= 15 is 0 Å². The third-order valence-electron chi connectivity index (χ3n) is 2.93. The molecule has 0 saturated heterocycles. The van der Waals surface area contributed by atoms with Crippen LogP contribution in [0.25, 0.3) is 22.6 Å². The van der Waals surface area contributed by atoms with E-state index in [1.165, 1.54) is 0 Å². The van der Waals surface area contributed by atoms with Crippen molar-refractivity contribution in [2.75, 3.05) is 5.73 Å². The highest BCUT2D eigenvalue weighted by atomic mass is 35.5. The van der Waals surface area contributed by atoms with Crippen LogP contribution in [0, 0.1) is 6.92 Å². The molecule has 2 N–H and O–H groups in total. The highest BCUT2D eigenvalue weighted by molar-refractivity contribution is 6.29. The van der Waals surface area contributed by atoms with Crippen LogP contribution in [0.1, 0.15) is 5.56 Å². The fraction of sp³-hybridized carbons (Fsp3) is 0.0714. The molecule has 5 heteroatoms. The van der Waals surface area contributed by atoms with Gasteiger partial charge in [0.2, 0.25) is 5.76 Å². The number of furan rings is 1. The van der Waals surface area contributed by atoms with Crippen LogP contribution >= 0.6 is 11.6 Å². The average molecular weight is 275 g/mol. The molecule has 0 fully saturated rings. The highest BCUT2D eigenvalue weighted by Gasteiger charge is 2.21. The zero-order chi connectivity index (χ0) is 13.4. The lowest BCUT2D eigenvalue weighted by Crippen LogP contribution is -1.90. The maximum absolute atomic E-state index is 5.91. The van der Waals surface area contributed by atoms with Gasteiger partial charge in [-0.3, -0.25) is 0 Å². The molecule has 19 heavy (non-hydrogen) atoms. The van der Waals surface area contributed by atoms with Crippen molar-refractivity contribution in [2.24, 2.45) is 0 Å². The van der Waals surface area contributed by atoms with E-state index < -0.39 is 0 Å². The number of aromatic nitrogens is 1. The van der Waals surface area contributed by atoms with Crippen molar-refractivity contribution in [2.45, 2.75) is 6.92 Å². The number of nitrogens with two attached hydrogens (primary N) is 1. The summed E-state index contributed by atoms with van der Waals surface area (Å²) >= 11 is 5.79. The monoisotopic (exact) mass is 274 g/mol. The predicted molar refractivity (Wildman–Crippen MR) is 73.8 cm³/mol. The number of benzene rings is 1. The zero-order valence-corrected chi connectivity index (χ0v) is 10.9. The van der Waals surface area contributed by atoms with Gasteiger partial charge >= 0.3 is 0 Å². The first-order valence-corrected chi connectivity index (χ1v) is 6.11. The summed E-state index contributed by atoms with van der Waals surface area (Å²) in [5.41, 5.74) is 8.67. The molecule has 0 saturated carbocycles. The van der Waals surface area contributed by atoms with E-state index in [-0.39, 0.29) is 0 Å². The molecule has 0 aliphatic rings. The van der Waals surface area contributed by atoms with Gasteiger partial charge in [0.15, 0.2) is 16.8 Å². The molecular formula is C14H11ClN2O2. The fourth-order valence-corrected chi connectivity index (χ4v) is 2.17. The Kier molecular flexibility index (Phi) is 2.80. The minimum atomic E-state index is 0.292. The van der Waals surface area contributed by atoms with Crippen molar-refractivity contribution in [3.63, 3.8) is 0 Å². The molecule has 0 aliphatic carbocycles. The van der Waals surface area contributed by atoms with Gasteiger partial charge in [0, 0.05) is 0 Å². The van der Waals surface area contributed by atoms with Crippen LogP contribution in [-0.4, -0.2) is 5.16 Å². The third-order valence-corrected chi connectivity index (χ3v) is 3.13. The molecule has 2 aromatic heterocycles. The second-order valence-electron chi connectivity index (χ2n) is 4.19. The number of aryl methyl sites for hydroxylation is 1. The summed E-state index contributed by atoms with van der Waals surface area (Å²) in [6.45, 7) is 2.00. The summed E-state index contributed by atoms with van der Waals surface area (Å²) in [4.78, 5) is 0. The van der Waals surface area contributed by atoms with Gasteiger partial charge in [-0.2, -0.15) is 0 Å². The molecule has 0 radical (unpaired) electrons. The Morgan fingerprint density at radius 1 is 1.16 bits per heavy atom. The van der Waals surface area contributed by atoms with E-state index in [2.05, 4.69) is 5.16 Å². The molecule has 0 atom stereocenters. The van der Waals surface area contributed by atoms with Crippen LogP contribution in [0.15, 0.2) is 45.3 Å². The number of hydrogen-bond acceptors (Lipinski definition) is 4. The average Bonchev–Trinajstić information content (AvgIpc) is 2.96. The van der Waals surface area contributed by atoms with Gasteiger partial charge in [-0.25, -0.2) is 0 Å². The van der Waals surface area contributed by atoms with E-state index in [1.807, 2.05) is 31.2 Å². The van der Waals surface area contributed by atoms with E-state index in [0.717, 1.165) is 16.7 Å². The number of nitrogens with zero attached hydrogens (tertiary/aromatic N) is 1. The molecule has 3 aromatic rings. The van der Waals surface area contributed by atoms with Crippen molar-refractivity contribution >= 4 is 17.4 Å². The summed E-state index contributed by atoms with van der Waals surface area (Å²) in [6, 6.07) is 11.2. The minimum absolute atomic E-state index is 0.292. The van der Waals surface area contributed by atoms with Gasteiger partial charge in [-0.15, -0.1) is 0 Å². The normalized spacial score (nSPS) is 10.8. The first kappa shape index (κ1) is 11.9. The topological polar surface area (TPSA) is 65.2 Å². The number of anilines is 1. The largest absolute Gasteiger partial charge is 0.441 e. The summed E-state index contributed by atoms with van der Waals surface area (Å²) in [7, 11) is 0. The molecule has 96 valence electrons. The van der Waals surface area contributed by atoms with E-state index in [1.54, 1.807) is 12.1 Å². The Morgan fingerprint density at radius 3 is 2.63 bits per heavy atom. The number of halogens is 1. The van der Waals surface area contributed by atoms with Crippen molar-refractivity contribution in [1.29, 1.82) is 0 Å². The van der Waals surface area contributed by atoms with Crippen LogP contribution in [0.3, 0.4) is 0 Å². The summed E-state index contributed by atoms with van der Waals surface area (Å²) in [5, 5.41) is 4.11. The van der Waals surface area contributed by atoms with Crippen LogP contribution in [-0.2, 0) is 0 Å². The van der Waals surface area contributed by atoms with E-state index in [0.29, 0.717) is 22.6 Å². The van der Waals surface area contributed by atoms with E-state index in [9.17, 15) is 0 Å². The Morgan fingerprint density at radius 2 is 1.95 bits per heavy atom. The standard InChI is InChI=1S/C14H11ClN2O2/c1-8-4-2-3-5-9(8)12-13(19-17-14(12)16)10-6-7-11(15)18-10/h2-7H,1H3,(H2,16,17). The number of nitrogen functional groups attached to an aromatic ring is 1. The van der Waals surface area contributed by atoms with Gasteiger partial charge in [0.1, 0.15) is 0 Å². The second kappa shape index (κ2) is 4.48. The first-order valence-electron chi connectivity index (χ1n) is 5.73. The number of hydrogen-bond donors (Lipinski definition) is 1. The van der Waals surface area contributed by atoms with Gasteiger partial charge < -0.3 is 14.7 Å². The molecule has 2 heterocycles. The maximum atomic E-state index is 5.91. The lowest BCUT2D eigenvalue weighted by Gasteiger charge is -2.04. The first-order chi connectivity index (χ1) is 9.16. The SMILES string of the molecule is Cc1ccccc1-c1c(N)noc1-c1ccc(Cl)o1. The second-order valence-corrected chi connectivity index (χ2v) is 4.56. The molecule has 1 aromatic carbocycles. The Hall–Kier alpha value is -2.20. The Bertz CT molecular complexity index is 731. The fourth-order valence-electron chi connectivity index (χ4n) is 2.02. The Balaban J connectivity index is 2.22. The van der Waals surface area contributed by atoms with Crippen LogP contribution < -0.4 is 5.73 Å². The molecule has 3 rings (SSSR count). The third kappa shape index (κ3) is 2.00. The summed E-state index contributed by atoms with van der Waals surface area (Å²) in [6.07, 6.45) is 0. The van der Waals surface area contributed by atoms with Gasteiger partial charge in [0.05, 0.1) is 5.56 Å². The van der Waals surface area contributed by atoms with Crippen molar-refractivity contribution < 1.29 is 8.94 Å². The lowest BCUT2D eigenvalue weighted by atomic mass is 10.00. The zero-order valence-electron chi connectivity index (χ0n) is 10.2. The Labute approximate surface area is 114 Å². The van der Waals surface area contributed by atoms with Gasteiger partial charge in [-0.1, -0.05) is 29.4 Å². The predicted octanol–water partition coefficient (Wildman–Crippen LogP) is 4.15. The lowest BCUT2D eigenvalue weighted by molar-refractivity contribution is 0.421. The molecule has 4 nitrogen and oxygen atoms in total. The molecule has 0 bridgehead atoms. The smallest absolute Gasteiger partial charge is 0.212 e. The quantitative estimate of drug-likeness (QED) is 0.762.